The molecule has 0 saturated carbocycles. The van der Waals surface area contributed by atoms with Crippen molar-refractivity contribution in [3.05, 3.63) is 41.9 Å². The maximum Gasteiger partial charge on any atom is 0.0618 e. The zero-order valence-corrected chi connectivity index (χ0v) is 5.94. The van der Waals surface area contributed by atoms with Crippen LogP contribution in [0.2, 0.25) is 0 Å². The lowest BCUT2D eigenvalue weighted by Gasteiger charge is -1.97. The first-order valence-electron chi connectivity index (χ1n) is 3.45. The Balaban J connectivity index is 2.28. The highest BCUT2D eigenvalue weighted by atomic mass is 14.7. The number of hydrogen-bond acceptors (Lipinski definition) is 1. The third-order valence-electron chi connectivity index (χ3n) is 1.45. The van der Waals surface area contributed by atoms with E-state index in [9.17, 15) is 0 Å². The molecule has 2 nitrogen and oxygen atoms in total. The predicted octanol–water partition coefficient (Wildman–Crippen LogP) is 1.63. The van der Waals surface area contributed by atoms with Crippen molar-refractivity contribution in [2.75, 3.05) is 0 Å². The van der Waals surface area contributed by atoms with Crippen LogP contribution in [0.4, 0.5) is 0 Å². The molecule has 1 aliphatic rings. The average Bonchev–Trinajstić information content (AvgIpc) is 2.60. The van der Waals surface area contributed by atoms with Gasteiger partial charge in [0, 0.05) is 6.21 Å². The highest BCUT2D eigenvalue weighted by Crippen LogP contribution is 2.08. The van der Waals surface area contributed by atoms with Gasteiger partial charge in [-0.1, -0.05) is 18.2 Å². The Morgan fingerprint density at radius 1 is 1.45 bits per heavy atom. The summed E-state index contributed by atoms with van der Waals surface area (Å²) >= 11 is 0. The minimum Gasteiger partial charge on any atom is -0.664 e. The Morgan fingerprint density at radius 3 is 3.09 bits per heavy atom. The fourth-order valence-corrected chi connectivity index (χ4v) is 0.950. The van der Waals surface area contributed by atoms with Crippen LogP contribution >= 0.6 is 0 Å². The Labute approximate surface area is 65.0 Å². The Kier molecular flexibility index (Phi) is 1.44. The molecule has 0 fully saturated rings. The number of hydrogen-bond donors (Lipinski definition) is 0. The van der Waals surface area contributed by atoms with Crippen LogP contribution in [0.3, 0.4) is 0 Å². The summed E-state index contributed by atoms with van der Waals surface area (Å²) in [5, 5.41) is 0. The van der Waals surface area contributed by atoms with E-state index in [1.54, 1.807) is 12.4 Å². The van der Waals surface area contributed by atoms with Crippen LogP contribution in [0, 0.1) is 0 Å². The molecular formula is C9H7N2-. The van der Waals surface area contributed by atoms with E-state index in [1.165, 1.54) is 0 Å². The number of aliphatic imine (C=N–C) groups is 1. The van der Waals surface area contributed by atoms with Gasteiger partial charge in [-0.25, -0.2) is 0 Å². The lowest BCUT2D eigenvalue weighted by atomic mass is 10.3. The molecule has 1 aromatic rings. The summed E-state index contributed by atoms with van der Waals surface area (Å²) in [5.41, 5.74) is 1.92. The molecule has 11 heavy (non-hydrogen) atoms. The van der Waals surface area contributed by atoms with E-state index in [2.05, 4.69) is 9.98 Å². The quantitative estimate of drug-likeness (QED) is 0.586. The molecule has 0 unspecified atom stereocenters. The Hall–Kier alpha value is -1.57. The summed E-state index contributed by atoms with van der Waals surface area (Å²) in [6.07, 6.45) is 9.35. The van der Waals surface area contributed by atoms with Gasteiger partial charge in [0.2, 0.25) is 0 Å². The second kappa shape index (κ2) is 2.58. The van der Waals surface area contributed by atoms with Gasteiger partial charge in [-0.05, 0) is 12.2 Å². The van der Waals surface area contributed by atoms with Crippen LogP contribution < -0.4 is 4.98 Å². The van der Waals surface area contributed by atoms with Crippen molar-refractivity contribution < 1.29 is 0 Å². The number of nitrogens with zero attached hydrogens (tertiary/aromatic N) is 2. The van der Waals surface area contributed by atoms with Gasteiger partial charge in [0.25, 0.3) is 0 Å². The Morgan fingerprint density at radius 2 is 2.45 bits per heavy atom. The molecule has 1 aliphatic heterocycles. The lowest BCUT2D eigenvalue weighted by Crippen LogP contribution is -1.73. The van der Waals surface area contributed by atoms with E-state index < -0.39 is 0 Å². The van der Waals surface area contributed by atoms with Crippen LogP contribution in [-0.2, 0) is 0 Å². The van der Waals surface area contributed by atoms with Gasteiger partial charge in [0.15, 0.2) is 0 Å². The molecule has 0 spiro atoms. The van der Waals surface area contributed by atoms with Gasteiger partial charge < -0.3 is 4.98 Å². The van der Waals surface area contributed by atoms with Crippen molar-refractivity contribution in [2.24, 2.45) is 4.99 Å². The summed E-state index contributed by atoms with van der Waals surface area (Å²) < 4.78 is 0. The molecule has 0 aromatic carbocycles. The first kappa shape index (κ1) is 6.16. The lowest BCUT2D eigenvalue weighted by molar-refractivity contribution is 1.32. The highest BCUT2D eigenvalue weighted by molar-refractivity contribution is 5.79. The van der Waals surface area contributed by atoms with Crippen molar-refractivity contribution >= 4 is 12.3 Å². The summed E-state index contributed by atoms with van der Waals surface area (Å²) in [4.78, 5) is 8.19. The van der Waals surface area contributed by atoms with Crippen LogP contribution in [0.1, 0.15) is 5.69 Å². The van der Waals surface area contributed by atoms with E-state index in [0.717, 1.165) is 11.4 Å². The van der Waals surface area contributed by atoms with Gasteiger partial charge >= 0.3 is 0 Å². The third-order valence-corrected chi connectivity index (χ3v) is 1.45. The largest absolute Gasteiger partial charge is 0.664 e. The average molecular weight is 143 g/mol. The van der Waals surface area contributed by atoms with Crippen molar-refractivity contribution in [2.45, 2.75) is 0 Å². The molecule has 0 saturated heterocycles. The predicted molar refractivity (Wildman–Crippen MR) is 45.4 cm³/mol. The van der Waals surface area contributed by atoms with Crippen LogP contribution in [0.15, 0.2) is 41.2 Å². The highest BCUT2D eigenvalue weighted by Gasteiger charge is 1.89. The van der Waals surface area contributed by atoms with Crippen LogP contribution in [-0.4, -0.2) is 6.21 Å². The minimum atomic E-state index is 0.962. The van der Waals surface area contributed by atoms with Gasteiger partial charge in [0.1, 0.15) is 0 Å². The fraction of sp³-hybridized carbons (Fsp3) is 0. The van der Waals surface area contributed by atoms with Crippen molar-refractivity contribution in [1.82, 2.24) is 4.98 Å². The van der Waals surface area contributed by atoms with E-state index in [4.69, 9.17) is 0 Å². The van der Waals surface area contributed by atoms with Gasteiger partial charge in [-0.15, -0.1) is 5.69 Å². The molecular weight excluding hydrogens is 136 g/mol. The summed E-state index contributed by atoms with van der Waals surface area (Å²) in [7, 11) is 0. The topological polar surface area (TPSA) is 26.5 Å². The molecule has 1 aromatic heterocycles. The van der Waals surface area contributed by atoms with Crippen molar-refractivity contribution in [1.29, 1.82) is 0 Å². The maximum atomic E-state index is 4.10. The Bertz CT molecular complexity index is 301. The molecule has 0 amide bonds. The third kappa shape index (κ3) is 1.29. The van der Waals surface area contributed by atoms with Crippen molar-refractivity contribution in [3.63, 3.8) is 0 Å². The number of aromatic nitrogens is 1. The summed E-state index contributed by atoms with van der Waals surface area (Å²) in [6.45, 7) is 0. The van der Waals surface area contributed by atoms with Crippen LogP contribution in [0.5, 0.6) is 0 Å². The summed E-state index contributed by atoms with van der Waals surface area (Å²) in [6, 6.07) is 3.86. The van der Waals surface area contributed by atoms with Gasteiger partial charge in [-0.3, -0.25) is 4.99 Å². The molecule has 2 heteroatoms. The molecule has 0 atom stereocenters. The molecule has 0 bridgehead atoms. The first-order chi connectivity index (χ1) is 5.45. The molecule has 0 N–H and O–H groups in total. The number of rotatable bonds is 1. The first-order valence-corrected chi connectivity index (χ1v) is 3.45. The molecule has 0 radical (unpaired) electrons. The second-order valence-electron chi connectivity index (χ2n) is 2.27. The second-order valence-corrected chi connectivity index (χ2v) is 2.27. The van der Waals surface area contributed by atoms with Crippen molar-refractivity contribution in [3.8, 4) is 0 Å². The number of allylic oxidation sites excluding steroid dienone is 2. The van der Waals surface area contributed by atoms with E-state index >= 15 is 0 Å². The van der Waals surface area contributed by atoms with E-state index in [1.807, 2.05) is 30.4 Å². The fourth-order valence-electron chi connectivity index (χ4n) is 0.950. The SMILES string of the molecule is C1=C/C(=C\c2ccc[n-]2)N=C1. The zero-order valence-electron chi connectivity index (χ0n) is 5.94. The van der Waals surface area contributed by atoms with Gasteiger partial charge in [-0.2, -0.15) is 6.20 Å². The van der Waals surface area contributed by atoms with E-state index in [-0.39, 0.29) is 0 Å². The normalized spacial score (nSPS) is 18.4. The smallest absolute Gasteiger partial charge is 0.0618 e. The molecule has 2 rings (SSSR count). The minimum absolute atomic E-state index is 0.962. The molecule has 54 valence electrons. The van der Waals surface area contributed by atoms with Gasteiger partial charge in [0.05, 0.1) is 5.70 Å². The standard InChI is InChI=1S/C9H7N2/c1-3-8(10-5-1)7-9-4-2-6-11-9/h1-7H/q-1/b8-7+. The molecule has 2 heterocycles. The monoisotopic (exact) mass is 143 g/mol. The maximum absolute atomic E-state index is 4.10. The molecule has 0 aliphatic carbocycles. The summed E-state index contributed by atoms with van der Waals surface area (Å²) in [5.74, 6) is 0. The van der Waals surface area contributed by atoms with E-state index in [0.29, 0.717) is 0 Å². The van der Waals surface area contributed by atoms with Crippen LogP contribution in [0.25, 0.3) is 6.08 Å². The zero-order chi connectivity index (χ0) is 7.52.